The van der Waals surface area contributed by atoms with E-state index in [1.807, 2.05) is 0 Å². The van der Waals surface area contributed by atoms with Crippen LogP contribution < -0.4 is 0 Å². The van der Waals surface area contributed by atoms with E-state index in [1.54, 1.807) is 18.2 Å². The van der Waals surface area contributed by atoms with Crippen molar-refractivity contribution in [2.45, 2.75) is 58.4 Å². The Morgan fingerprint density at radius 1 is 0.719 bits per heavy atom. The Kier molecular flexibility index (Phi) is 8.71. The molecule has 1 aromatic rings. The van der Waals surface area contributed by atoms with E-state index in [9.17, 15) is 24.0 Å². The average molecular weight is 452 g/mol. The molecule has 0 saturated carbocycles. The van der Waals surface area contributed by atoms with Crippen LogP contribution in [0.1, 0.15) is 38.1 Å². The van der Waals surface area contributed by atoms with Crippen LogP contribution in [0.3, 0.4) is 0 Å². The number of carbonyl (C=O) groups is 5. The summed E-state index contributed by atoms with van der Waals surface area (Å²) >= 11 is 0. The maximum absolute atomic E-state index is 12.6. The highest BCUT2D eigenvalue weighted by Crippen LogP contribution is 2.30. The lowest BCUT2D eigenvalue weighted by Gasteiger charge is -2.43. The molecule has 1 aromatic carbocycles. The molecule has 0 radical (unpaired) electrons. The maximum Gasteiger partial charge on any atom is 0.340 e. The van der Waals surface area contributed by atoms with Gasteiger partial charge in [-0.2, -0.15) is 0 Å². The van der Waals surface area contributed by atoms with Gasteiger partial charge in [-0.3, -0.25) is 19.2 Å². The topological polar surface area (TPSA) is 141 Å². The minimum absolute atomic E-state index is 0.181. The fraction of sp³-hybridized carbons (Fsp3) is 0.476. The average Bonchev–Trinajstić information content (AvgIpc) is 2.70. The van der Waals surface area contributed by atoms with E-state index in [0.29, 0.717) is 0 Å². The second-order valence-corrected chi connectivity index (χ2v) is 6.84. The van der Waals surface area contributed by atoms with Gasteiger partial charge < -0.3 is 28.4 Å². The molecule has 5 atom stereocenters. The molecule has 11 heteroatoms. The lowest BCUT2D eigenvalue weighted by Crippen LogP contribution is -2.63. The summed E-state index contributed by atoms with van der Waals surface area (Å²) in [7, 11) is 0. The number of hydrogen-bond acceptors (Lipinski definition) is 11. The zero-order valence-electron chi connectivity index (χ0n) is 18.0. The Bertz CT molecular complexity index is 851. The van der Waals surface area contributed by atoms with Crippen molar-refractivity contribution < 1.29 is 52.4 Å². The molecule has 32 heavy (non-hydrogen) atoms. The van der Waals surface area contributed by atoms with E-state index in [0.717, 1.165) is 27.7 Å². The van der Waals surface area contributed by atoms with E-state index in [4.69, 9.17) is 28.4 Å². The predicted octanol–water partition coefficient (Wildman–Crippen LogP) is 0.926. The van der Waals surface area contributed by atoms with Crippen LogP contribution in [0.2, 0.25) is 0 Å². The standard InChI is InChI=1S/C21H24O11/c1-11(22)27-10-16-17(28-12(2)23)18(29-13(3)24)19(30-14(4)25)21(31-16)32-20(26)15-8-6-5-7-9-15/h5-9,16-19,21H,10H2,1-4H3. The number of rotatable bonds is 7. The zero-order valence-corrected chi connectivity index (χ0v) is 18.0. The normalized spacial score (nSPS) is 24.6. The van der Waals surface area contributed by atoms with Crippen molar-refractivity contribution in [2.24, 2.45) is 0 Å². The second-order valence-electron chi connectivity index (χ2n) is 6.84. The largest absolute Gasteiger partial charge is 0.463 e. The van der Waals surface area contributed by atoms with Crippen molar-refractivity contribution in [3.05, 3.63) is 35.9 Å². The SMILES string of the molecule is CC(=O)OCC1OC(OC(=O)c2ccccc2)C(OC(C)=O)C(OC(C)=O)C1OC(C)=O. The molecule has 0 N–H and O–H groups in total. The lowest BCUT2D eigenvalue weighted by atomic mass is 9.98. The van der Waals surface area contributed by atoms with Crippen molar-refractivity contribution in [2.75, 3.05) is 6.61 Å². The Labute approximate surface area is 183 Å². The highest BCUT2D eigenvalue weighted by Gasteiger charge is 2.53. The highest BCUT2D eigenvalue weighted by atomic mass is 16.7. The van der Waals surface area contributed by atoms with E-state index >= 15 is 0 Å². The van der Waals surface area contributed by atoms with Crippen LogP contribution in [-0.2, 0) is 47.6 Å². The zero-order chi connectivity index (χ0) is 23.8. The van der Waals surface area contributed by atoms with Gasteiger partial charge >= 0.3 is 29.8 Å². The van der Waals surface area contributed by atoms with Crippen LogP contribution in [0.25, 0.3) is 0 Å². The van der Waals surface area contributed by atoms with Gasteiger partial charge in [0.15, 0.2) is 12.2 Å². The highest BCUT2D eigenvalue weighted by molar-refractivity contribution is 5.89. The first-order chi connectivity index (χ1) is 15.1. The fourth-order valence-corrected chi connectivity index (χ4v) is 3.03. The van der Waals surface area contributed by atoms with Gasteiger partial charge in [0.2, 0.25) is 12.4 Å². The molecule has 2 rings (SSSR count). The van der Waals surface area contributed by atoms with Gasteiger partial charge in [-0.1, -0.05) is 18.2 Å². The maximum atomic E-state index is 12.6. The molecule has 5 unspecified atom stereocenters. The second kappa shape index (κ2) is 11.2. The van der Waals surface area contributed by atoms with Crippen LogP contribution in [-0.4, -0.2) is 67.2 Å². The molecule has 1 heterocycles. The molecule has 1 aliphatic heterocycles. The molecule has 11 nitrogen and oxygen atoms in total. The van der Waals surface area contributed by atoms with Gasteiger partial charge in [0, 0.05) is 27.7 Å². The van der Waals surface area contributed by atoms with Crippen molar-refractivity contribution in [1.82, 2.24) is 0 Å². The lowest BCUT2D eigenvalue weighted by molar-refractivity contribution is -0.294. The molecule has 0 aromatic heterocycles. The number of benzene rings is 1. The third kappa shape index (κ3) is 7.05. The monoisotopic (exact) mass is 452 g/mol. The molecule has 0 aliphatic carbocycles. The molecule has 0 bridgehead atoms. The summed E-state index contributed by atoms with van der Waals surface area (Å²) in [6, 6.07) is 7.92. The van der Waals surface area contributed by atoms with E-state index in [2.05, 4.69) is 0 Å². The molecule has 1 fully saturated rings. The first-order valence-corrected chi connectivity index (χ1v) is 9.65. The molecule has 0 amide bonds. The number of carbonyl (C=O) groups excluding carboxylic acids is 5. The van der Waals surface area contributed by atoms with Crippen molar-refractivity contribution in [1.29, 1.82) is 0 Å². The minimum Gasteiger partial charge on any atom is -0.463 e. The summed E-state index contributed by atoms with van der Waals surface area (Å²) in [4.78, 5) is 59.1. The van der Waals surface area contributed by atoms with Gasteiger partial charge in [-0.05, 0) is 12.1 Å². The first kappa shape index (κ1) is 24.8. The first-order valence-electron chi connectivity index (χ1n) is 9.65. The predicted molar refractivity (Wildman–Crippen MR) is 104 cm³/mol. The van der Waals surface area contributed by atoms with E-state index < -0.39 is 67.2 Å². The van der Waals surface area contributed by atoms with Crippen LogP contribution in [0.5, 0.6) is 0 Å². The third-order valence-electron chi connectivity index (χ3n) is 4.18. The Morgan fingerprint density at radius 3 is 1.78 bits per heavy atom. The summed E-state index contributed by atoms with van der Waals surface area (Å²) in [6.45, 7) is 4.03. The van der Waals surface area contributed by atoms with Crippen LogP contribution in [0.4, 0.5) is 0 Å². The fourth-order valence-electron chi connectivity index (χ4n) is 3.03. The Morgan fingerprint density at radius 2 is 1.25 bits per heavy atom. The van der Waals surface area contributed by atoms with Gasteiger partial charge in [-0.15, -0.1) is 0 Å². The summed E-state index contributed by atoms with van der Waals surface area (Å²) in [5, 5.41) is 0. The van der Waals surface area contributed by atoms with Crippen LogP contribution >= 0.6 is 0 Å². The number of ether oxygens (including phenoxy) is 6. The Hall–Kier alpha value is -3.47. The molecule has 1 aliphatic rings. The summed E-state index contributed by atoms with van der Waals surface area (Å²) < 4.78 is 31.8. The minimum atomic E-state index is -1.57. The Balaban J connectivity index is 2.42. The molecular weight excluding hydrogens is 428 g/mol. The van der Waals surface area contributed by atoms with Crippen LogP contribution in [0, 0.1) is 0 Å². The van der Waals surface area contributed by atoms with Crippen molar-refractivity contribution >= 4 is 29.8 Å². The number of hydrogen-bond donors (Lipinski definition) is 0. The summed E-state index contributed by atoms with van der Waals surface area (Å²) in [5.41, 5.74) is 0.181. The van der Waals surface area contributed by atoms with Crippen molar-refractivity contribution in [3.63, 3.8) is 0 Å². The molecule has 0 spiro atoms. The third-order valence-corrected chi connectivity index (χ3v) is 4.18. The molecular formula is C21H24O11. The summed E-state index contributed by atoms with van der Waals surface area (Å²) in [5.74, 6) is -3.81. The van der Waals surface area contributed by atoms with Crippen LogP contribution in [0.15, 0.2) is 30.3 Å². The molecule has 174 valence electrons. The van der Waals surface area contributed by atoms with E-state index in [-0.39, 0.29) is 5.56 Å². The van der Waals surface area contributed by atoms with Gasteiger partial charge in [0.1, 0.15) is 12.7 Å². The summed E-state index contributed by atoms with van der Waals surface area (Å²) in [6.07, 6.45) is -6.98. The van der Waals surface area contributed by atoms with E-state index in [1.165, 1.54) is 12.1 Å². The van der Waals surface area contributed by atoms with Gasteiger partial charge in [0.05, 0.1) is 5.56 Å². The number of esters is 5. The van der Waals surface area contributed by atoms with Crippen molar-refractivity contribution in [3.8, 4) is 0 Å². The quantitative estimate of drug-likeness (QED) is 0.431. The van der Waals surface area contributed by atoms with Gasteiger partial charge in [0.25, 0.3) is 0 Å². The molecule has 1 saturated heterocycles. The smallest absolute Gasteiger partial charge is 0.340 e. The van der Waals surface area contributed by atoms with Gasteiger partial charge in [-0.25, -0.2) is 4.79 Å².